The van der Waals surface area contributed by atoms with Gasteiger partial charge in [0.1, 0.15) is 0 Å². The quantitative estimate of drug-likeness (QED) is 0.702. The molecule has 0 fully saturated rings. The van der Waals surface area contributed by atoms with Gasteiger partial charge in [-0.25, -0.2) is 0 Å². The molecule has 1 atom stereocenters. The smallest absolute Gasteiger partial charge is 0.0953 e. The van der Waals surface area contributed by atoms with Gasteiger partial charge in [-0.1, -0.05) is 48.9 Å². The minimum Gasteiger partial charge on any atom is -0.472 e. The predicted octanol–water partition coefficient (Wildman–Crippen LogP) is 5.18. The van der Waals surface area contributed by atoms with Crippen molar-refractivity contribution < 1.29 is 4.42 Å². The number of hydrogen-bond acceptors (Lipinski definition) is 2. The SMILES string of the molecule is CCCNC(c1ccoc1)c1ccc(Cl)c2ccccc12. The van der Waals surface area contributed by atoms with E-state index in [9.17, 15) is 0 Å². The molecule has 0 saturated heterocycles. The van der Waals surface area contributed by atoms with E-state index in [-0.39, 0.29) is 6.04 Å². The Morgan fingerprint density at radius 2 is 1.90 bits per heavy atom. The molecule has 0 spiro atoms. The number of nitrogens with one attached hydrogen (secondary N) is 1. The summed E-state index contributed by atoms with van der Waals surface area (Å²) in [4.78, 5) is 0. The van der Waals surface area contributed by atoms with Gasteiger partial charge in [-0.2, -0.15) is 0 Å². The van der Waals surface area contributed by atoms with Crippen LogP contribution in [0, 0.1) is 0 Å². The average molecular weight is 300 g/mol. The lowest BCUT2D eigenvalue weighted by atomic mass is 9.95. The summed E-state index contributed by atoms with van der Waals surface area (Å²) in [6, 6.07) is 14.5. The fourth-order valence-corrected chi connectivity index (χ4v) is 2.90. The number of rotatable bonds is 5. The van der Waals surface area contributed by atoms with Gasteiger partial charge in [-0.05, 0) is 36.0 Å². The summed E-state index contributed by atoms with van der Waals surface area (Å²) < 4.78 is 5.27. The van der Waals surface area contributed by atoms with E-state index in [1.54, 1.807) is 12.5 Å². The van der Waals surface area contributed by atoms with Gasteiger partial charge in [-0.3, -0.25) is 0 Å². The van der Waals surface area contributed by atoms with Gasteiger partial charge < -0.3 is 9.73 Å². The average Bonchev–Trinajstić information content (AvgIpc) is 3.04. The second-order valence-corrected chi connectivity index (χ2v) is 5.53. The molecule has 2 nitrogen and oxygen atoms in total. The molecule has 0 amide bonds. The molecule has 0 saturated carbocycles. The Labute approximate surface area is 129 Å². The first kappa shape index (κ1) is 14.2. The van der Waals surface area contributed by atoms with Crippen LogP contribution in [0.3, 0.4) is 0 Å². The fraction of sp³-hybridized carbons (Fsp3) is 0.222. The molecule has 3 aromatic rings. The molecular weight excluding hydrogens is 282 g/mol. The van der Waals surface area contributed by atoms with E-state index in [4.69, 9.17) is 16.0 Å². The van der Waals surface area contributed by atoms with Crippen LogP contribution in [0.5, 0.6) is 0 Å². The molecule has 0 aliphatic heterocycles. The Morgan fingerprint density at radius 3 is 2.62 bits per heavy atom. The lowest BCUT2D eigenvalue weighted by Crippen LogP contribution is -2.23. The maximum absolute atomic E-state index is 6.32. The molecule has 1 heterocycles. The monoisotopic (exact) mass is 299 g/mol. The third-order valence-corrected chi connectivity index (χ3v) is 4.02. The van der Waals surface area contributed by atoms with Crippen molar-refractivity contribution in [1.29, 1.82) is 0 Å². The topological polar surface area (TPSA) is 25.2 Å². The molecule has 0 aliphatic carbocycles. The van der Waals surface area contributed by atoms with Crippen LogP contribution in [0.1, 0.15) is 30.5 Å². The highest BCUT2D eigenvalue weighted by Crippen LogP contribution is 2.33. The maximum atomic E-state index is 6.32. The van der Waals surface area contributed by atoms with Gasteiger partial charge in [0, 0.05) is 16.0 Å². The predicted molar refractivity (Wildman–Crippen MR) is 87.8 cm³/mol. The molecule has 21 heavy (non-hydrogen) atoms. The van der Waals surface area contributed by atoms with Gasteiger partial charge >= 0.3 is 0 Å². The van der Waals surface area contributed by atoms with Crippen molar-refractivity contribution in [1.82, 2.24) is 5.32 Å². The molecule has 0 bridgehead atoms. The highest BCUT2D eigenvalue weighted by Gasteiger charge is 2.17. The second-order valence-electron chi connectivity index (χ2n) is 5.13. The zero-order valence-electron chi connectivity index (χ0n) is 12.0. The lowest BCUT2D eigenvalue weighted by Gasteiger charge is -2.20. The first-order valence-corrected chi connectivity index (χ1v) is 7.61. The maximum Gasteiger partial charge on any atom is 0.0953 e. The van der Waals surface area contributed by atoms with Crippen LogP contribution < -0.4 is 5.32 Å². The number of fused-ring (bicyclic) bond motifs is 1. The van der Waals surface area contributed by atoms with Crippen molar-refractivity contribution in [2.75, 3.05) is 6.54 Å². The Balaban J connectivity index is 2.13. The van der Waals surface area contributed by atoms with E-state index in [1.807, 2.05) is 18.2 Å². The van der Waals surface area contributed by atoms with Gasteiger partial charge in [0.25, 0.3) is 0 Å². The van der Waals surface area contributed by atoms with Crippen LogP contribution in [-0.4, -0.2) is 6.54 Å². The van der Waals surface area contributed by atoms with Crippen molar-refractivity contribution in [3.05, 3.63) is 71.1 Å². The van der Waals surface area contributed by atoms with Crippen LogP contribution in [0.15, 0.2) is 59.4 Å². The molecular formula is C18H18ClNO. The fourth-order valence-electron chi connectivity index (χ4n) is 2.67. The molecule has 108 valence electrons. The van der Waals surface area contributed by atoms with Crippen LogP contribution in [0.4, 0.5) is 0 Å². The zero-order valence-corrected chi connectivity index (χ0v) is 12.7. The summed E-state index contributed by atoms with van der Waals surface area (Å²) >= 11 is 6.32. The Hall–Kier alpha value is -1.77. The highest BCUT2D eigenvalue weighted by atomic mass is 35.5. The lowest BCUT2D eigenvalue weighted by molar-refractivity contribution is 0.549. The Morgan fingerprint density at radius 1 is 1.10 bits per heavy atom. The van der Waals surface area contributed by atoms with Crippen LogP contribution in [0.2, 0.25) is 5.02 Å². The molecule has 0 radical (unpaired) electrons. The first-order chi connectivity index (χ1) is 10.3. The van der Waals surface area contributed by atoms with Crippen molar-refractivity contribution in [3.63, 3.8) is 0 Å². The number of furan rings is 1. The third-order valence-electron chi connectivity index (χ3n) is 3.69. The van der Waals surface area contributed by atoms with E-state index in [0.717, 1.165) is 28.9 Å². The van der Waals surface area contributed by atoms with Crippen LogP contribution in [-0.2, 0) is 0 Å². The second kappa shape index (κ2) is 6.33. The van der Waals surface area contributed by atoms with Crippen molar-refractivity contribution in [2.45, 2.75) is 19.4 Å². The van der Waals surface area contributed by atoms with Gasteiger partial charge in [0.15, 0.2) is 0 Å². The van der Waals surface area contributed by atoms with E-state index < -0.39 is 0 Å². The first-order valence-electron chi connectivity index (χ1n) is 7.24. The standard InChI is InChI=1S/C18H18ClNO/c1-2-10-20-18(13-9-11-21-12-13)16-7-8-17(19)15-6-4-3-5-14(15)16/h3-9,11-12,18,20H,2,10H2,1H3. The normalized spacial score (nSPS) is 12.7. The van der Waals surface area contributed by atoms with E-state index in [0.29, 0.717) is 0 Å². The number of hydrogen-bond donors (Lipinski definition) is 1. The molecule has 3 heteroatoms. The largest absolute Gasteiger partial charge is 0.472 e. The summed E-state index contributed by atoms with van der Waals surface area (Å²) in [6.07, 6.45) is 4.60. The Kier molecular flexibility index (Phi) is 4.28. The van der Waals surface area contributed by atoms with Crippen LogP contribution >= 0.6 is 11.6 Å². The molecule has 2 aromatic carbocycles. The minimum atomic E-state index is 0.117. The highest BCUT2D eigenvalue weighted by molar-refractivity contribution is 6.35. The van der Waals surface area contributed by atoms with Gasteiger partial charge in [0.2, 0.25) is 0 Å². The Bertz CT molecular complexity index is 721. The summed E-state index contributed by atoms with van der Waals surface area (Å²) in [7, 11) is 0. The number of halogens is 1. The summed E-state index contributed by atoms with van der Waals surface area (Å²) in [5, 5.41) is 6.65. The van der Waals surface area contributed by atoms with E-state index >= 15 is 0 Å². The van der Waals surface area contributed by atoms with Crippen LogP contribution in [0.25, 0.3) is 10.8 Å². The molecule has 3 rings (SSSR count). The third kappa shape index (κ3) is 2.82. The van der Waals surface area contributed by atoms with Gasteiger partial charge in [0.05, 0.1) is 18.6 Å². The summed E-state index contributed by atoms with van der Waals surface area (Å²) in [6.45, 7) is 3.12. The van der Waals surface area contributed by atoms with Crippen molar-refractivity contribution in [2.24, 2.45) is 0 Å². The minimum absolute atomic E-state index is 0.117. The molecule has 1 aromatic heterocycles. The molecule has 1 unspecified atom stereocenters. The van der Waals surface area contributed by atoms with Gasteiger partial charge in [-0.15, -0.1) is 0 Å². The summed E-state index contributed by atoms with van der Waals surface area (Å²) in [5.41, 5.74) is 2.36. The number of benzene rings is 2. The van der Waals surface area contributed by atoms with E-state index in [2.05, 4.69) is 36.5 Å². The van der Waals surface area contributed by atoms with Crippen molar-refractivity contribution in [3.8, 4) is 0 Å². The molecule has 0 aliphatic rings. The molecule has 1 N–H and O–H groups in total. The van der Waals surface area contributed by atoms with E-state index in [1.165, 1.54) is 10.9 Å². The summed E-state index contributed by atoms with van der Waals surface area (Å²) in [5.74, 6) is 0. The zero-order chi connectivity index (χ0) is 14.7. The van der Waals surface area contributed by atoms with Crippen molar-refractivity contribution >= 4 is 22.4 Å².